The maximum absolute atomic E-state index is 13.4. The Bertz CT molecular complexity index is 455. The summed E-state index contributed by atoms with van der Waals surface area (Å²) >= 11 is 0. The van der Waals surface area contributed by atoms with Gasteiger partial charge < -0.3 is 5.32 Å². The molecular weight excluding hydrogens is 205 g/mol. The average molecular weight is 221 g/mol. The maximum Gasteiger partial charge on any atom is 0.230 e. The van der Waals surface area contributed by atoms with Crippen LogP contribution in [0.3, 0.4) is 0 Å². The molecule has 0 aromatic heterocycles. The molecule has 0 spiro atoms. The second-order valence-electron chi connectivity index (χ2n) is 4.80. The predicted octanol–water partition coefficient (Wildman–Crippen LogP) is 3.05. The third-order valence-corrected chi connectivity index (χ3v) is 3.54. The van der Waals surface area contributed by atoms with E-state index in [0.29, 0.717) is 17.7 Å². The zero-order valence-corrected chi connectivity index (χ0v) is 9.86. The summed E-state index contributed by atoms with van der Waals surface area (Å²) in [5.74, 6) is -0.273. The molecule has 1 aromatic rings. The summed E-state index contributed by atoms with van der Waals surface area (Å²) in [5, 5.41) is 2.79. The minimum atomic E-state index is -0.364. The summed E-state index contributed by atoms with van der Waals surface area (Å²) in [6, 6.07) is 3.25. The van der Waals surface area contributed by atoms with Gasteiger partial charge in [-0.1, -0.05) is 19.9 Å². The normalized spacial score (nSPS) is 23.9. The van der Waals surface area contributed by atoms with Gasteiger partial charge in [0.25, 0.3) is 0 Å². The van der Waals surface area contributed by atoms with Crippen molar-refractivity contribution in [3.05, 3.63) is 29.1 Å². The van der Waals surface area contributed by atoms with Crippen molar-refractivity contribution in [1.82, 2.24) is 0 Å². The molecule has 86 valence electrons. The summed E-state index contributed by atoms with van der Waals surface area (Å²) in [4.78, 5) is 11.9. The molecule has 0 saturated carbocycles. The van der Waals surface area contributed by atoms with Gasteiger partial charge in [-0.3, -0.25) is 4.79 Å². The van der Waals surface area contributed by atoms with E-state index in [1.807, 2.05) is 19.9 Å². The van der Waals surface area contributed by atoms with Crippen LogP contribution in [0, 0.1) is 18.2 Å². The van der Waals surface area contributed by atoms with Crippen molar-refractivity contribution in [2.75, 3.05) is 5.32 Å². The van der Waals surface area contributed by atoms with Crippen molar-refractivity contribution in [2.24, 2.45) is 5.41 Å². The largest absolute Gasteiger partial charge is 0.325 e. The fraction of sp³-hybridized carbons (Fsp3) is 0.462. The molecule has 1 unspecified atom stereocenters. The minimum absolute atomic E-state index is 0.00856. The smallest absolute Gasteiger partial charge is 0.230 e. The van der Waals surface area contributed by atoms with Crippen molar-refractivity contribution in [1.29, 1.82) is 0 Å². The topological polar surface area (TPSA) is 29.1 Å². The van der Waals surface area contributed by atoms with Crippen LogP contribution in [0.2, 0.25) is 0 Å². The molecule has 3 heteroatoms. The Labute approximate surface area is 94.9 Å². The molecule has 1 aromatic carbocycles. The van der Waals surface area contributed by atoms with Gasteiger partial charge in [-0.25, -0.2) is 4.39 Å². The lowest BCUT2D eigenvalue weighted by molar-refractivity contribution is -0.125. The molecule has 0 bridgehead atoms. The fourth-order valence-corrected chi connectivity index (χ4v) is 2.06. The van der Waals surface area contributed by atoms with Gasteiger partial charge in [0.2, 0.25) is 5.91 Å². The third-order valence-electron chi connectivity index (χ3n) is 3.54. The van der Waals surface area contributed by atoms with Crippen LogP contribution in [0.5, 0.6) is 0 Å². The number of carbonyl (C=O) groups is 1. The summed E-state index contributed by atoms with van der Waals surface area (Å²) < 4.78 is 13.4. The van der Waals surface area contributed by atoms with Crippen LogP contribution >= 0.6 is 0 Å². The highest BCUT2D eigenvalue weighted by atomic mass is 19.1. The lowest BCUT2D eigenvalue weighted by atomic mass is 9.77. The first-order chi connectivity index (χ1) is 7.46. The molecule has 0 fully saturated rings. The first-order valence-corrected chi connectivity index (χ1v) is 5.57. The Kier molecular flexibility index (Phi) is 2.49. The Balaban J connectivity index is 2.47. The number of aryl methyl sites for hydroxylation is 1. The number of hydrogen-bond donors (Lipinski definition) is 1. The van der Waals surface area contributed by atoms with E-state index in [4.69, 9.17) is 0 Å². The van der Waals surface area contributed by atoms with E-state index in [1.165, 1.54) is 6.07 Å². The SMILES string of the molecule is CCC1(C)Cc2cc(C)c(F)cc2NC1=O. The number of carbonyl (C=O) groups excluding carboxylic acids is 1. The molecule has 2 rings (SSSR count). The number of amides is 1. The Morgan fingerprint density at radius 2 is 2.19 bits per heavy atom. The molecule has 1 atom stereocenters. The van der Waals surface area contributed by atoms with Gasteiger partial charge in [0.15, 0.2) is 0 Å². The zero-order chi connectivity index (χ0) is 11.9. The lowest BCUT2D eigenvalue weighted by Gasteiger charge is -2.33. The van der Waals surface area contributed by atoms with E-state index in [0.717, 1.165) is 12.0 Å². The number of halogens is 1. The van der Waals surface area contributed by atoms with E-state index in [9.17, 15) is 9.18 Å². The second-order valence-corrected chi connectivity index (χ2v) is 4.80. The standard InChI is InChI=1S/C13H16FNO/c1-4-13(3)7-9-5-8(2)10(14)6-11(9)15-12(13)16/h5-6H,4,7H2,1-3H3,(H,15,16). The Hall–Kier alpha value is -1.38. The van der Waals surface area contributed by atoms with Crippen LogP contribution in [0.1, 0.15) is 31.4 Å². The van der Waals surface area contributed by atoms with Gasteiger partial charge in [-0.15, -0.1) is 0 Å². The van der Waals surface area contributed by atoms with Crippen molar-refractivity contribution in [2.45, 2.75) is 33.6 Å². The zero-order valence-electron chi connectivity index (χ0n) is 9.86. The lowest BCUT2D eigenvalue weighted by Crippen LogP contribution is -2.39. The molecule has 1 amide bonds. The molecule has 1 aliphatic heterocycles. The molecule has 16 heavy (non-hydrogen) atoms. The summed E-state index contributed by atoms with van der Waals surface area (Å²) in [7, 11) is 0. The van der Waals surface area contributed by atoms with Gasteiger partial charge in [0, 0.05) is 5.69 Å². The van der Waals surface area contributed by atoms with E-state index in [2.05, 4.69) is 5.32 Å². The van der Waals surface area contributed by atoms with Crippen LogP contribution in [0.25, 0.3) is 0 Å². The second kappa shape index (κ2) is 3.58. The summed E-state index contributed by atoms with van der Waals surface area (Å²) in [6.45, 7) is 5.69. The van der Waals surface area contributed by atoms with Crippen LogP contribution in [0.4, 0.5) is 10.1 Å². The maximum atomic E-state index is 13.4. The van der Waals surface area contributed by atoms with Gasteiger partial charge in [0.05, 0.1) is 5.41 Å². The number of nitrogens with one attached hydrogen (secondary N) is 1. The van der Waals surface area contributed by atoms with Crippen LogP contribution in [-0.2, 0) is 11.2 Å². The van der Waals surface area contributed by atoms with Gasteiger partial charge in [-0.2, -0.15) is 0 Å². The van der Waals surface area contributed by atoms with E-state index in [-0.39, 0.29) is 17.1 Å². The Morgan fingerprint density at radius 1 is 1.50 bits per heavy atom. The van der Waals surface area contributed by atoms with Crippen molar-refractivity contribution in [3.63, 3.8) is 0 Å². The Morgan fingerprint density at radius 3 is 2.81 bits per heavy atom. The number of benzene rings is 1. The number of fused-ring (bicyclic) bond motifs is 1. The molecule has 0 aliphatic carbocycles. The molecule has 1 aliphatic rings. The van der Waals surface area contributed by atoms with Gasteiger partial charge in [-0.05, 0) is 37.0 Å². The third kappa shape index (κ3) is 1.60. The van der Waals surface area contributed by atoms with E-state index < -0.39 is 0 Å². The first-order valence-electron chi connectivity index (χ1n) is 5.57. The van der Waals surface area contributed by atoms with Gasteiger partial charge >= 0.3 is 0 Å². The molecule has 0 saturated heterocycles. The molecule has 0 radical (unpaired) electrons. The summed E-state index contributed by atoms with van der Waals surface area (Å²) in [6.07, 6.45) is 1.47. The highest BCUT2D eigenvalue weighted by Gasteiger charge is 2.36. The van der Waals surface area contributed by atoms with Gasteiger partial charge in [0.1, 0.15) is 5.82 Å². The van der Waals surface area contributed by atoms with Crippen molar-refractivity contribution >= 4 is 11.6 Å². The average Bonchev–Trinajstić information content (AvgIpc) is 2.23. The monoisotopic (exact) mass is 221 g/mol. The summed E-state index contributed by atoms with van der Waals surface area (Å²) in [5.41, 5.74) is 1.92. The number of anilines is 1. The molecular formula is C13H16FNO. The highest BCUT2D eigenvalue weighted by Crippen LogP contribution is 2.36. The number of hydrogen-bond acceptors (Lipinski definition) is 1. The highest BCUT2D eigenvalue weighted by molar-refractivity contribution is 5.98. The molecule has 1 N–H and O–H groups in total. The first kappa shape index (κ1) is 11.1. The van der Waals surface area contributed by atoms with Crippen LogP contribution < -0.4 is 5.32 Å². The molecule has 2 nitrogen and oxygen atoms in total. The van der Waals surface area contributed by atoms with Crippen LogP contribution in [0.15, 0.2) is 12.1 Å². The number of rotatable bonds is 1. The van der Waals surface area contributed by atoms with E-state index >= 15 is 0 Å². The minimum Gasteiger partial charge on any atom is -0.325 e. The van der Waals surface area contributed by atoms with Crippen molar-refractivity contribution in [3.8, 4) is 0 Å². The van der Waals surface area contributed by atoms with Crippen molar-refractivity contribution < 1.29 is 9.18 Å². The van der Waals surface area contributed by atoms with Crippen LogP contribution in [-0.4, -0.2) is 5.91 Å². The molecule has 1 heterocycles. The quantitative estimate of drug-likeness (QED) is 0.776. The predicted molar refractivity (Wildman–Crippen MR) is 61.9 cm³/mol. The fourth-order valence-electron chi connectivity index (χ4n) is 2.06. The van der Waals surface area contributed by atoms with E-state index in [1.54, 1.807) is 6.92 Å².